The average molecular weight is 484 g/mol. The summed E-state index contributed by atoms with van der Waals surface area (Å²) < 4.78 is 8.25. The van der Waals surface area contributed by atoms with Crippen LogP contribution in [0.3, 0.4) is 0 Å². The second kappa shape index (κ2) is 12.1. The highest BCUT2D eigenvalue weighted by molar-refractivity contribution is 7.99. The van der Waals surface area contributed by atoms with E-state index in [4.69, 9.17) is 4.74 Å². The van der Waals surface area contributed by atoms with Gasteiger partial charge in [0.25, 0.3) is 0 Å². The minimum atomic E-state index is -0.497. The van der Waals surface area contributed by atoms with Gasteiger partial charge < -0.3 is 20.1 Å². The summed E-state index contributed by atoms with van der Waals surface area (Å²) in [5.41, 5.74) is 3.04. The third kappa shape index (κ3) is 7.10. The van der Waals surface area contributed by atoms with Gasteiger partial charge in [0.2, 0.25) is 11.8 Å². The lowest BCUT2D eigenvalue weighted by Crippen LogP contribution is -2.34. The summed E-state index contributed by atoms with van der Waals surface area (Å²) in [4.78, 5) is 38.3. The van der Waals surface area contributed by atoms with Crippen molar-refractivity contribution < 1.29 is 19.1 Å². The summed E-state index contributed by atoms with van der Waals surface area (Å²) in [5.74, 6) is -1.20. The van der Waals surface area contributed by atoms with Gasteiger partial charge in [-0.3, -0.25) is 9.59 Å². The summed E-state index contributed by atoms with van der Waals surface area (Å²) >= 11 is 2.72. The maximum Gasteiger partial charge on any atom is 0.350 e. The molecule has 1 heterocycles. The molecule has 0 fully saturated rings. The van der Waals surface area contributed by atoms with E-state index in [1.807, 2.05) is 60.9 Å². The van der Waals surface area contributed by atoms with E-state index < -0.39 is 11.9 Å². The van der Waals surface area contributed by atoms with Crippen LogP contribution in [-0.2, 0) is 20.7 Å². The fraction of sp³-hybridized carbons (Fsp3) is 0.208. The largest absolute Gasteiger partial charge is 0.462 e. The second-order valence-electron chi connectivity index (χ2n) is 6.95. The number of carbonyl (C=O) groups is 3. The van der Waals surface area contributed by atoms with Gasteiger partial charge in [-0.15, -0.1) is 11.3 Å². The lowest BCUT2D eigenvalue weighted by atomic mass is 10.1. The molecular weight excluding hydrogens is 458 g/mol. The van der Waals surface area contributed by atoms with Crippen molar-refractivity contribution in [1.29, 1.82) is 0 Å². The number of ether oxygens (including phenoxy) is 1. The lowest BCUT2D eigenvalue weighted by Gasteiger charge is -2.08. The molecule has 0 saturated carbocycles. The maximum atomic E-state index is 12.5. The third-order valence-corrected chi connectivity index (χ3v) is 6.09. The van der Waals surface area contributed by atoms with E-state index in [0.717, 1.165) is 21.7 Å². The molecule has 2 amide bonds. The standard InChI is InChI=1S/C24H25N3O4S2/c1-3-31-24(30)23-19(14-20(33-23)17-9-5-4-6-10-17)26-22(29)15-25-21(28)13-16-8-7-11-18(12-16)27-32-2/h4-12,14,27H,3,13,15H2,1-2H3,(H,25,28)(H,26,29). The number of anilines is 2. The molecule has 0 radical (unpaired) electrons. The Hall–Kier alpha value is -3.30. The second-order valence-corrected chi connectivity index (χ2v) is 8.61. The van der Waals surface area contributed by atoms with Crippen LogP contribution in [0.2, 0.25) is 0 Å². The van der Waals surface area contributed by atoms with Gasteiger partial charge in [0.1, 0.15) is 4.88 Å². The molecule has 1 aromatic heterocycles. The van der Waals surface area contributed by atoms with Crippen molar-refractivity contribution in [2.75, 3.05) is 29.4 Å². The summed E-state index contributed by atoms with van der Waals surface area (Å²) in [6.07, 6.45) is 2.07. The first-order valence-corrected chi connectivity index (χ1v) is 12.3. The number of esters is 1. The number of thiophene rings is 1. The lowest BCUT2D eigenvalue weighted by molar-refractivity contribution is -0.123. The van der Waals surface area contributed by atoms with Crippen molar-refractivity contribution in [2.24, 2.45) is 0 Å². The van der Waals surface area contributed by atoms with Crippen molar-refractivity contribution in [1.82, 2.24) is 5.32 Å². The van der Waals surface area contributed by atoms with Gasteiger partial charge in [-0.2, -0.15) is 0 Å². The fourth-order valence-corrected chi connectivity index (χ4v) is 4.44. The molecule has 0 aliphatic heterocycles. The molecule has 3 rings (SSSR count). The minimum absolute atomic E-state index is 0.155. The van der Waals surface area contributed by atoms with Crippen molar-refractivity contribution in [2.45, 2.75) is 13.3 Å². The average Bonchev–Trinajstić information content (AvgIpc) is 3.23. The zero-order chi connectivity index (χ0) is 23.6. The molecule has 7 nitrogen and oxygen atoms in total. The first-order valence-electron chi connectivity index (χ1n) is 10.3. The van der Waals surface area contributed by atoms with E-state index in [1.165, 1.54) is 23.3 Å². The number of amides is 2. The van der Waals surface area contributed by atoms with Crippen LogP contribution in [0.15, 0.2) is 60.7 Å². The fourth-order valence-electron chi connectivity index (χ4n) is 3.06. The smallest absolute Gasteiger partial charge is 0.350 e. The van der Waals surface area contributed by atoms with Crippen molar-refractivity contribution in [3.05, 3.63) is 71.1 Å². The van der Waals surface area contributed by atoms with E-state index in [9.17, 15) is 14.4 Å². The van der Waals surface area contributed by atoms with Crippen LogP contribution in [-0.4, -0.2) is 37.2 Å². The van der Waals surface area contributed by atoms with Gasteiger partial charge in [0, 0.05) is 16.8 Å². The number of hydrogen-bond donors (Lipinski definition) is 3. The highest BCUT2D eigenvalue weighted by atomic mass is 32.2. The Balaban J connectivity index is 1.63. The van der Waals surface area contributed by atoms with Crippen LogP contribution < -0.4 is 15.4 Å². The Morgan fingerprint density at radius 2 is 1.79 bits per heavy atom. The van der Waals surface area contributed by atoms with Gasteiger partial charge in [-0.1, -0.05) is 54.4 Å². The van der Waals surface area contributed by atoms with Crippen LogP contribution in [0, 0.1) is 0 Å². The molecule has 3 aromatic rings. The molecule has 0 saturated heterocycles. The maximum absolute atomic E-state index is 12.5. The third-order valence-electron chi connectivity index (χ3n) is 4.48. The zero-order valence-corrected chi connectivity index (χ0v) is 20.0. The molecule has 33 heavy (non-hydrogen) atoms. The van der Waals surface area contributed by atoms with Crippen LogP contribution in [0.4, 0.5) is 11.4 Å². The monoisotopic (exact) mass is 483 g/mol. The highest BCUT2D eigenvalue weighted by Crippen LogP contribution is 2.35. The Morgan fingerprint density at radius 1 is 1.00 bits per heavy atom. The van der Waals surface area contributed by atoms with Crippen LogP contribution in [0.1, 0.15) is 22.2 Å². The van der Waals surface area contributed by atoms with E-state index in [1.54, 1.807) is 13.0 Å². The molecule has 0 unspecified atom stereocenters. The minimum Gasteiger partial charge on any atom is -0.462 e. The van der Waals surface area contributed by atoms with Gasteiger partial charge in [0.15, 0.2) is 0 Å². The summed E-state index contributed by atoms with van der Waals surface area (Å²) in [6, 6.07) is 18.8. The van der Waals surface area contributed by atoms with Crippen molar-refractivity contribution >= 4 is 52.4 Å². The predicted molar refractivity (Wildman–Crippen MR) is 135 cm³/mol. The summed E-state index contributed by atoms with van der Waals surface area (Å²) in [5, 5.41) is 5.35. The van der Waals surface area contributed by atoms with E-state index in [0.29, 0.717) is 10.6 Å². The van der Waals surface area contributed by atoms with Crippen molar-refractivity contribution in [3.63, 3.8) is 0 Å². The first-order chi connectivity index (χ1) is 16.0. The SMILES string of the molecule is CCOC(=O)c1sc(-c2ccccc2)cc1NC(=O)CNC(=O)Cc1cccc(NSC)c1. The zero-order valence-electron chi connectivity index (χ0n) is 18.3. The Labute approximate surface area is 201 Å². The molecule has 0 aliphatic carbocycles. The topological polar surface area (TPSA) is 96.5 Å². The molecule has 172 valence electrons. The van der Waals surface area contributed by atoms with Crippen molar-refractivity contribution in [3.8, 4) is 10.4 Å². The molecule has 9 heteroatoms. The molecular formula is C24H25N3O4S2. The van der Waals surface area contributed by atoms with Gasteiger partial charge in [-0.25, -0.2) is 4.79 Å². The predicted octanol–water partition coefficient (Wildman–Crippen LogP) is 4.58. The molecule has 3 N–H and O–H groups in total. The van der Waals surface area contributed by atoms with Crippen LogP contribution >= 0.6 is 23.3 Å². The number of benzene rings is 2. The van der Waals surface area contributed by atoms with Gasteiger partial charge >= 0.3 is 5.97 Å². The van der Waals surface area contributed by atoms with Gasteiger partial charge in [-0.05, 0) is 36.2 Å². The normalized spacial score (nSPS) is 10.4. The number of nitrogens with one attached hydrogen (secondary N) is 3. The van der Waals surface area contributed by atoms with Crippen LogP contribution in [0.25, 0.3) is 10.4 Å². The molecule has 0 atom stereocenters. The quantitative estimate of drug-likeness (QED) is 0.289. The number of carbonyl (C=O) groups excluding carboxylic acids is 3. The van der Waals surface area contributed by atoms with Crippen LogP contribution in [0.5, 0.6) is 0 Å². The van der Waals surface area contributed by atoms with Gasteiger partial charge in [0.05, 0.1) is 25.3 Å². The molecule has 2 aromatic carbocycles. The molecule has 0 aliphatic rings. The highest BCUT2D eigenvalue weighted by Gasteiger charge is 2.20. The summed E-state index contributed by atoms with van der Waals surface area (Å²) in [6.45, 7) is 1.75. The summed E-state index contributed by atoms with van der Waals surface area (Å²) in [7, 11) is 0. The Bertz CT molecular complexity index is 1120. The number of hydrogen-bond acceptors (Lipinski definition) is 7. The first kappa shape index (κ1) is 24.3. The Morgan fingerprint density at radius 3 is 2.52 bits per heavy atom. The van der Waals surface area contributed by atoms with E-state index in [-0.39, 0.29) is 25.5 Å². The van der Waals surface area contributed by atoms with E-state index in [2.05, 4.69) is 15.4 Å². The number of rotatable bonds is 10. The molecule has 0 spiro atoms. The Kier molecular flexibility index (Phi) is 8.91. The molecule has 0 bridgehead atoms. The van der Waals surface area contributed by atoms with E-state index >= 15 is 0 Å².